The Bertz CT molecular complexity index is 498. The molecule has 1 unspecified atom stereocenters. The summed E-state index contributed by atoms with van der Waals surface area (Å²) in [5.74, 6) is 0. The predicted octanol–water partition coefficient (Wildman–Crippen LogP) is 3.05. The Hall–Kier alpha value is -1.41. The van der Waals surface area contributed by atoms with Crippen molar-refractivity contribution in [1.29, 1.82) is 0 Å². The molecule has 2 nitrogen and oxygen atoms in total. The van der Waals surface area contributed by atoms with Gasteiger partial charge in [0.15, 0.2) is 0 Å². The Morgan fingerprint density at radius 2 is 2.19 bits per heavy atom. The number of rotatable bonds is 3. The van der Waals surface area contributed by atoms with Gasteiger partial charge < -0.3 is 5.32 Å². The van der Waals surface area contributed by atoms with Gasteiger partial charge in [-0.2, -0.15) is 0 Å². The van der Waals surface area contributed by atoms with E-state index in [1.54, 1.807) is 0 Å². The van der Waals surface area contributed by atoms with Crippen molar-refractivity contribution in [3.8, 4) is 0 Å². The van der Waals surface area contributed by atoms with E-state index in [2.05, 4.69) is 41.5 Å². The number of aromatic nitrogens is 1. The summed E-state index contributed by atoms with van der Waals surface area (Å²) in [5.41, 5.74) is 1.38. The quantitative estimate of drug-likeness (QED) is 0.845. The number of nitrogens with zero attached hydrogens (tertiary/aromatic N) is 1. The van der Waals surface area contributed by atoms with Gasteiger partial charge in [0.05, 0.1) is 0 Å². The summed E-state index contributed by atoms with van der Waals surface area (Å²) in [4.78, 5) is 4.17. The average Bonchev–Trinajstić information content (AvgIpc) is 3.12. The monoisotopic (exact) mass is 212 g/mol. The lowest BCUT2D eigenvalue weighted by Gasteiger charge is -2.15. The summed E-state index contributed by atoms with van der Waals surface area (Å²) < 4.78 is 0. The lowest BCUT2D eigenvalue weighted by Crippen LogP contribution is -2.20. The molecule has 0 spiro atoms. The molecule has 16 heavy (non-hydrogen) atoms. The van der Waals surface area contributed by atoms with Crippen molar-refractivity contribution >= 4 is 10.8 Å². The molecule has 1 aliphatic rings. The Morgan fingerprint density at radius 3 is 3.00 bits per heavy atom. The third kappa shape index (κ3) is 1.81. The third-order valence-electron chi connectivity index (χ3n) is 3.24. The highest BCUT2D eigenvalue weighted by Crippen LogP contribution is 2.27. The van der Waals surface area contributed by atoms with Gasteiger partial charge in [-0.15, -0.1) is 0 Å². The molecule has 1 heterocycles. The van der Waals surface area contributed by atoms with E-state index in [0.29, 0.717) is 6.04 Å². The standard InChI is InChI=1S/C14H16N2/c1-10(16-12-5-6-12)13-4-2-3-11-9-15-8-7-14(11)13/h2-4,7-10,12,16H,5-6H2,1H3. The Morgan fingerprint density at radius 1 is 1.31 bits per heavy atom. The second-order valence-electron chi connectivity index (χ2n) is 4.61. The number of fused-ring (bicyclic) bond motifs is 1. The van der Waals surface area contributed by atoms with Gasteiger partial charge in [-0.1, -0.05) is 18.2 Å². The second kappa shape index (κ2) is 3.87. The first-order valence-electron chi connectivity index (χ1n) is 5.93. The van der Waals surface area contributed by atoms with E-state index >= 15 is 0 Å². The van der Waals surface area contributed by atoms with Crippen molar-refractivity contribution in [2.45, 2.75) is 31.8 Å². The van der Waals surface area contributed by atoms with Gasteiger partial charge in [0.2, 0.25) is 0 Å². The summed E-state index contributed by atoms with van der Waals surface area (Å²) in [6.07, 6.45) is 6.46. The normalized spacial score (nSPS) is 17.6. The Balaban J connectivity index is 2.00. The summed E-state index contributed by atoms with van der Waals surface area (Å²) in [7, 11) is 0. The fourth-order valence-corrected chi connectivity index (χ4v) is 2.22. The highest BCUT2D eigenvalue weighted by atomic mass is 15.0. The van der Waals surface area contributed by atoms with Crippen LogP contribution in [0.15, 0.2) is 36.7 Å². The lowest BCUT2D eigenvalue weighted by atomic mass is 10.0. The van der Waals surface area contributed by atoms with Gasteiger partial charge in [-0.3, -0.25) is 4.98 Å². The molecule has 0 aliphatic heterocycles. The van der Waals surface area contributed by atoms with Crippen LogP contribution < -0.4 is 5.32 Å². The van der Waals surface area contributed by atoms with Crippen LogP contribution in [0, 0.1) is 0 Å². The van der Waals surface area contributed by atoms with Crippen LogP contribution in [0.1, 0.15) is 31.4 Å². The molecular weight excluding hydrogens is 196 g/mol. The zero-order valence-corrected chi connectivity index (χ0v) is 9.48. The van der Waals surface area contributed by atoms with Crippen LogP contribution in [0.3, 0.4) is 0 Å². The van der Waals surface area contributed by atoms with Crippen molar-refractivity contribution in [3.63, 3.8) is 0 Å². The molecule has 3 rings (SSSR count). The number of hydrogen-bond acceptors (Lipinski definition) is 2. The van der Waals surface area contributed by atoms with Gasteiger partial charge in [-0.05, 0) is 36.8 Å². The molecule has 2 aromatic rings. The number of pyridine rings is 1. The van der Waals surface area contributed by atoms with Crippen molar-refractivity contribution in [1.82, 2.24) is 10.3 Å². The van der Waals surface area contributed by atoms with Crippen molar-refractivity contribution in [2.75, 3.05) is 0 Å². The molecule has 0 saturated heterocycles. The first-order chi connectivity index (χ1) is 7.84. The molecule has 1 fully saturated rings. The fraction of sp³-hybridized carbons (Fsp3) is 0.357. The molecule has 82 valence electrons. The smallest absolute Gasteiger partial charge is 0.0346 e. The molecule has 1 aliphatic carbocycles. The first-order valence-corrected chi connectivity index (χ1v) is 5.93. The van der Waals surface area contributed by atoms with Gasteiger partial charge in [-0.25, -0.2) is 0 Å². The minimum absolute atomic E-state index is 0.429. The summed E-state index contributed by atoms with van der Waals surface area (Å²) >= 11 is 0. The molecule has 1 atom stereocenters. The minimum Gasteiger partial charge on any atom is -0.307 e. The SMILES string of the molecule is CC(NC1CC1)c1cccc2cnccc12. The molecule has 1 N–H and O–H groups in total. The van der Waals surface area contributed by atoms with Crippen LogP contribution in [0.5, 0.6) is 0 Å². The van der Waals surface area contributed by atoms with Crippen LogP contribution >= 0.6 is 0 Å². The van der Waals surface area contributed by atoms with Crippen molar-refractivity contribution < 1.29 is 0 Å². The van der Waals surface area contributed by atoms with Crippen molar-refractivity contribution in [3.05, 3.63) is 42.2 Å². The van der Waals surface area contributed by atoms with E-state index in [4.69, 9.17) is 0 Å². The maximum absolute atomic E-state index is 4.17. The highest BCUT2D eigenvalue weighted by molar-refractivity contribution is 5.85. The maximum atomic E-state index is 4.17. The number of benzene rings is 1. The summed E-state index contributed by atoms with van der Waals surface area (Å²) in [6.45, 7) is 2.24. The van der Waals surface area contributed by atoms with Crippen LogP contribution in [0.2, 0.25) is 0 Å². The predicted molar refractivity (Wildman–Crippen MR) is 66.3 cm³/mol. The van der Waals surface area contributed by atoms with E-state index < -0.39 is 0 Å². The van der Waals surface area contributed by atoms with Gasteiger partial charge in [0.25, 0.3) is 0 Å². The van der Waals surface area contributed by atoms with Gasteiger partial charge >= 0.3 is 0 Å². The highest BCUT2D eigenvalue weighted by Gasteiger charge is 2.23. The fourth-order valence-electron chi connectivity index (χ4n) is 2.22. The average molecular weight is 212 g/mol. The number of hydrogen-bond donors (Lipinski definition) is 1. The van der Waals surface area contributed by atoms with E-state index in [1.807, 2.05) is 12.4 Å². The second-order valence-corrected chi connectivity index (χ2v) is 4.61. The third-order valence-corrected chi connectivity index (χ3v) is 3.24. The lowest BCUT2D eigenvalue weighted by molar-refractivity contribution is 0.574. The van der Waals surface area contributed by atoms with Gasteiger partial charge in [0.1, 0.15) is 0 Å². The van der Waals surface area contributed by atoms with Crippen LogP contribution in [0.4, 0.5) is 0 Å². The largest absolute Gasteiger partial charge is 0.307 e. The van der Waals surface area contributed by atoms with E-state index in [9.17, 15) is 0 Å². The van der Waals surface area contributed by atoms with E-state index in [0.717, 1.165) is 6.04 Å². The molecule has 0 bridgehead atoms. The zero-order valence-electron chi connectivity index (χ0n) is 9.48. The Labute approximate surface area is 95.7 Å². The Kier molecular flexibility index (Phi) is 2.37. The zero-order chi connectivity index (χ0) is 11.0. The summed E-state index contributed by atoms with van der Waals surface area (Å²) in [6, 6.07) is 9.73. The molecule has 0 amide bonds. The molecule has 1 aromatic heterocycles. The van der Waals surface area contributed by atoms with Crippen LogP contribution in [0.25, 0.3) is 10.8 Å². The molecule has 1 aromatic carbocycles. The van der Waals surface area contributed by atoms with E-state index in [1.165, 1.54) is 29.2 Å². The molecule has 1 saturated carbocycles. The molecule has 0 radical (unpaired) electrons. The summed E-state index contributed by atoms with van der Waals surface area (Å²) in [5, 5.41) is 6.19. The minimum atomic E-state index is 0.429. The van der Waals surface area contributed by atoms with Crippen LogP contribution in [-0.2, 0) is 0 Å². The van der Waals surface area contributed by atoms with Crippen molar-refractivity contribution in [2.24, 2.45) is 0 Å². The molecular formula is C14H16N2. The van der Waals surface area contributed by atoms with E-state index in [-0.39, 0.29) is 0 Å². The molecule has 2 heteroatoms. The maximum Gasteiger partial charge on any atom is 0.0346 e. The van der Waals surface area contributed by atoms with Crippen LogP contribution in [-0.4, -0.2) is 11.0 Å². The topological polar surface area (TPSA) is 24.9 Å². The number of nitrogens with one attached hydrogen (secondary N) is 1. The van der Waals surface area contributed by atoms with Gasteiger partial charge in [0, 0.05) is 29.9 Å². The first kappa shape index (κ1) is 9.79.